The van der Waals surface area contributed by atoms with Crippen LogP contribution in [0.2, 0.25) is 0 Å². The summed E-state index contributed by atoms with van der Waals surface area (Å²) in [6.07, 6.45) is 6.31. The largest absolute Gasteiger partial charge is 0.440 e. The molecule has 0 saturated heterocycles. The molecule has 1 saturated carbocycles. The molecule has 0 bridgehead atoms. The first-order chi connectivity index (χ1) is 21.4. The lowest BCUT2D eigenvalue weighted by Crippen LogP contribution is -2.42. The minimum atomic E-state index is -0.568. The Balaban J connectivity index is 0.000000215. The summed E-state index contributed by atoms with van der Waals surface area (Å²) in [6.45, 7) is 11.7. The molecular weight excluding hydrogens is 572 g/mol. The minimum Gasteiger partial charge on any atom is -0.440 e. The minimum absolute atomic E-state index is 0.0919. The van der Waals surface area contributed by atoms with Gasteiger partial charge in [0.15, 0.2) is 0 Å². The van der Waals surface area contributed by atoms with Crippen molar-refractivity contribution in [2.24, 2.45) is 7.05 Å². The zero-order chi connectivity index (χ0) is 32.8. The average molecular weight is 617 g/mol. The lowest BCUT2D eigenvalue weighted by atomic mass is 9.95. The number of rotatable bonds is 7. The van der Waals surface area contributed by atoms with E-state index in [9.17, 15) is 19.2 Å². The first-order valence-corrected chi connectivity index (χ1v) is 15.6. The molecular formula is C35H44N4O6. The van der Waals surface area contributed by atoms with Gasteiger partial charge in [-0.25, -0.2) is 9.59 Å². The van der Waals surface area contributed by atoms with Crippen LogP contribution >= 0.6 is 0 Å². The van der Waals surface area contributed by atoms with Crippen molar-refractivity contribution in [3.63, 3.8) is 0 Å². The van der Waals surface area contributed by atoms with Crippen molar-refractivity contribution in [2.75, 3.05) is 0 Å². The van der Waals surface area contributed by atoms with E-state index in [0.717, 1.165) is 47.9 Å². The standard InChI is InChI=1S/C21H28N2O3.C14H16N2O3/c1-5-18-19(24)22(4)21(25)23(16-9-7-6-8-10-16)20(18)26-17-12-14(2)11-15(3)13-17;1-4-11-12(17)15-14(18)16-13(11)19-10-6-8(2)5-9(3)7-10/h11-13,16H,5-10H2,1-4H3;5-7H,4H2,1-3H3,(H2,15,16,17,18). The molecule has 4 aromatic rings. The quantitative estimate of drug-likeness (QED) is 0.260. The molecule has 10 nitrogen and oxygen atoms in total. The van der Waals surface area contributed by atoms with Crippen LogP contribution in [0, 0.1) is 27.7 Å². The highest BCUT2D eigenvalue weighted by molar-refractivity contribution is 5.38. The van der Waals surface area contributed by atoms with Gasteiger partial charge >= 0.3 is 11.4 Å². The van der Waals surface area contributed by atoms with E-state index < -0.39 is 11.2 Å². The Labute approximate surface area is 262 Å². The second-order valence-electron chi connectivity index (χ2n) is 11.9. The predicted molar refractivity (Wildman–Crippen MR) is 176 cm³/mol. The summed E-state index contributed by atoms with van der Waals surface area (Å²) in [6, 6.07) is 11.8. The molecule has 1 aliphatic rings. The van der Waals surface area contributed by atoms with Crippen LogP contribution in [0.25, 0.3) is 0 Å². The number of H-pyrrole nitrogens is 2. The van der Waals surface area contributed by atoms with E-state index in [2.05, 4.69) is 16.0 Å². The maximum atomic E-state index is 12.9. The third-order valence-electron chi connectivity index (χ3n) is 8.01. The number of ether oxygens (including phenoxy) is 2. The molecule has 10 heteroatoms. The van der Waals surface area contributed by atoms with Crippen LogP contribution in [0.1, 0.15) is 85.4 Å². The SMILES string of the molecule is CCc1c(Oc2cc(C)cc(C)c2)[nH]c(=O)[nH]c1=O.CCc1c(Oc2cc(C)cc(C)c2)n(C2CCCCC2)c(=O)n(C)c1=O. The van der Waals surface area contributed by atoms with Gasteiger partial charge < -0.3 is 9.47 Å². The number of nitrogens with one attached hydrogen (secondary N) is 2. The Morgan fingerprint density at radius 1 is 0.711 bits per heavy atom. The molecule has 0 atom stereocenters. The van der Waals surface area contributed by atoms with E-state index >= 15 is 0 Å². The Hall–Kier alpha value is -4.60. The lowest BCUT2D eigenvalue weighted by molar-refractivity contribution is 0.296. The summed E-state index contributed by atoms with van der Waals surface area (Å²) in [7, 11) is 1.56. The third kappa shape index (κ3) is 7.92. The molecule has 1 aliphatic carbocycles. The monoisotopic (exact) mass is 616 g/mol. The molecule has 0 spiro atoms. The first kappa shape index (κ1) is 33.3. The second kappa shape index (κ2) is 14.5. The van der Waals surface area contributed by atoms with Crippen LogP contribution in [0.3, 0.4) is 0 Å². The van der Waals surface area contributed by atoms with Gasteiger partial charge in [-0.15, -0.1) is 0 Å². The van der Waals surface area contributed by atoms with Crippen molar-refractivity contribution in [3.8, 4) is 23.3 Å². The molecule has 2 heterocycles. The van der Waals surface area contributed by atoms with Crippen molar-refractivity contribution < 1.29 is 9.47 Å². The number of hydrogen-bond donors (Lipinski definition) is 2. The fraction of sp³-hybridized carbons (Fsp3) is 0.429. The fourth-order valence-electron chi connectivity index (χ4n) is 5.96. The third-order valence-corrected chi connectivity index (χ3v) is 8.01. The number of aryl methyl sites for hydroxylation is 4. The van der Waals surface area contributed by atoms with Crippen molar-refractivity contribution in [2.45, 2.75) is 92.5 Å². The summed E-state index contributed by atoms with van der Waals surface area (Å²) in [5, 5.41) is 0. The summed E-state index contributed by atoms with van der Waals surface area (Å²) in [5.74, 6) is 1.92. The highest BCUT2D eigenvalue weighted by Crippen LogP contribution is 2.33. The molecule has 0 radical (unpaired) electrons. The zero-order valence-corrected chi connectivity index (χ0v) is 27.3. The van der Waals surface area contributed by atoms with Gasteiger partial charge in [-0.3, -0.25) is 28.7 Å². The van der Waals surface area contributed by atoms with Gasteiger partial charge in [0.1, 0.15) is 11.5 Å². The average Bonchev–Trinajstić information content (AvgIpc) is 2.96. The number of aromatic nitrogens is 4. The predicted octanol–water partition coefficient (Wildman–Crippen LogP) is 6.06. The highest BCUT2D eigenvalue weighted by atomic mass is 16.5. The summed E-state index contributed by atoms with van der Waals surface area (Å²) in [5.41, 5.74) is 3.77. The van der Waals surface area contributed by atoms with Gasteiger partial charge in [0, 0.05) is 13.1 Å². The van der Waals surface area contributed by atoms with Crippen LogP contribution in [0.15, 0.2) is 55.6 Å². The molecule has 0 amide bonds. The number of nitrogens with zero attached hydrogens (tertiary/aromatic N) is 2. The topological polar surface area (TPSA) is 128 Å². The highest BCUT2D eigenvalue weighted by Gasteiger charge is 2.25. The Kier molecular flexibility index (Phi) is 10.7. The summed E-state index contributed by atoms with van der Waals surface area (Å²) < 4.78 is 14.8. The molecule has 0 aliphatic heterocycles. The van der Waals surface area contributed by atoms with E-state index in [1.54, 1.807) is 11.6 Å². The van der Waals surface area contributed by atoms with Crippen molar-refractivity contribution in [3.05, 3.63) is 111 Å². The molecule has 2 N–H and O–H groups in total. The van der Waals surface area contributed by atoms with Crippen LogP contribution in [-0.2, 0) is 19.9 Å². The Morgan fingerprint density at radius 3 is 1.73 bits per heavy atom. The molecule has 240 valence electrons. The van der Waals surface area contributed by atoms with Gasteiger partial charge in [-0.2, -0.15) is 0 Å². The van der Waals surface area contributed by atoms with E-state index in [4.69, 9.17) is 9.47 Å². The lowest BCUT2D eigenvalue weighted by Gasteiger charge is -2.27. The van der Waals surface area contributed by atoms with E-state index in [0.29, 0.717) is 41.3 Å². The second-order valence-corrected chi connectivity index (χ2v) is 11.9. The van der Waals surface area contributed by atoms with Crippen LogP contribution < -0.4 is 32.0 Å². The normalized spacial score (nSPS) is 13.2. The van der Waals surface area contributed by atoms with Crippen LogP contribution in [0.5, 0.6) is 23.3 Å². The molecule has 1 fully saturated rings. The maximum absolute atomic E-state index is 12.9. The number of hydrogen-bond acceptors (Lipinski definition) is 6. The Bertz CT molecular complexity index is 1870. The molecule has 0 unspecified atom stereocenters. The van der Waals surface area contributed by atoms with Gasteiger partial charge in [-0.05, 0) is 99.9 Å². The van der Waals surface area contributed by atoms with E-state index in [1.807, 2.05) is 71.9 Å². The van der Waals surface area contributed by atoms with Gasteiger partial charge in [0.05, 0.1) is 11.1 Å². The van der Waals surface area contributed by atoms with Crippen molar-refractivity contribution in [1.82, 2.24) is 19.1 Å². The molecule has 5 rings (SSSR count). The first-order valence-electron chi connectivity index (χ1n) is 15.6. The smallest absolute Gasteiger partial charge is 0.333 e. The Morgan fingerprint density at radius 2 is 1.22 bits per heavy atom. The molecule has 45 heavy (non-hydrogen) atoms. The fourth-order valence-corrected chi connectivity index (χ4v) is 5.96. The van der Waals surface area contributed by atoms with Crippen molar-refractivity contribution in [1.29, 1.82) is 0 Å². The van der Waals surface area contributed by atoms with Gasteiger partial charge in [0.2, 0.25) is 11.8 Å². The van der Waals surface area contributed by atoms with Crippen LogP contribution in [0.4, 0.5) is 0 Å². The zero-order valence-electron chi connectivity index (χ0n) is 27.3. The summed E-state index contributed by atoms with van der Waals surface area (Å²) >= 11 is 0. The van der Waals surface area contributed by atoms with E-state index in [1.165, 1.54) is 11.0 Å². The van der Waals surface area contributed by atoms with Crippen LogP contribution in [-0.4, -0.2) is 19.1 Å². The summed E-state index contributed by atoms with van der Waals surface area (Å²) in [4.78, 5) is 53.3. The number of benzene rings is 2. The maximum Gasteiger partial charge on any atom is 0.333 e. The van der Waals surface area contributed by atoms with Gasteiger partial charge in [-0.1, -0.05) is 45.2 Å². The van der Waals surface area contributed by atoms with Crippen molar-refractivity contribution >= 4 is 0 Å². The molecule has 2 aromatic heterocycles. The van der Waals surface area contributed by atoms with E-state index in [-0.39, 0.29) is 23.2 Å². The van der Waals surface area contributed by atoms with Gasteiger partial charge in [0.25, 0.3) is 11.1 Å². The number of aromatic amines is 2. The molecule has 2 aromatic carbocycles.